The normalized spacial score (nSPS) is 13.5. The van der Waals surface area contributed by atoms with Gasteiger partial charge in [-0.15, -0.1) is 15.3 Å². The molecule has 19 nitrogen and oxygen atoms in total. The lowest BCUT2D eigenvalue weighted by atomic mass is 9.99. The van der Waals surface area contributed by atoms with Crippen LogP contribution in [0.1, 0.15) is 181 Å². The lowest BCUT2D eigenvalue weighted by Gasteiger charge is -2.20. The topological polar surface area (TPSA) is 246 Å². The van der Waals surface area contributed by atoms with E-state index in [9.17, 15) is 39.3 Å². The first-order valence-electron chi connectivity index (χ1n) is 30.2. The van der Waals surface area contributed by atoms with Gasteiger partial charge in [-0.25, -0.2) is 27.2 Å². The van der Waals surface area contributed by atoms with Gasteiger partial charge in [-0.3, -0.25) is 24.0 Å². The minimum Gasteiger partial charge on any atom is -0.476 e. The second-order valence-corrected chi connectivity index (χ2v) is 22.2. The summed E-state index contributed by atoms with van der Waals surface area (Å²) in [6, 6.07) is 10.2. The molecule has 466 valence electrons. The Hall–Kier alpha value is -6.91. The number of carbonyl (C=O) groups excluding carboxylic acids is 2. The van der Waals surface area contributed by atoms with E-state index in [1.54, 1.807) is 26.8 Å². The molecule has 0 radical (unpaired) electrons. The number of rotatable bonds is 38. The molecule has 6 aromatic rings. The van der Waals surface area contributed by atoms with E-state index in [0.29, 0.717) is 77.0 Å². The van der Waals surface area contributed by atoms with Crippen LogP contribution < -0.4 is 30.9 Å². The third kappa shape index (κ3) is 19.6. The maximum Gasteiger partial charge on any atom is 0.303 e. The van der Waals surface area contributed by atoms with Gasteiger partial charge in [-0.05, 0) is 153 Å². The van der Waals surface area contributed by atoms with Crippen LogP contribution >= 0.6 is 0 Å². The Morgan fingerprint density at radius 2 is 0.976 bits per heavy atom. The molecular formula is C63H85F3N6O13. The van der Waals surface area contributed by atoms with E-state index in [1.807, 2.05) is 0 Å². The zero-order valence-electron chi connectivity index (χ0n) is 50.1. The second-order valence-electron chi connectivity index (χ2n) is 22.2. The first-order valence-corrected chi connectivity index (χ1v) is 30.2. The summed E-state index contributed by atoms with van der Waals surface area (Å²) in [5, 5.41) is 44.0. The third-order valence-electron chi connectivity index (χ3n) is 14.8. The van der Waals surface area contributed by atoms with Crippen molar-refractivity contribution < 1.29 is 61.8 Å². The predicted octanol–water partition coefficient (Wildman–Crippen LogP) is 10.4. The van der Waals surface area contributed by atoms with E-state index in [1.165, 1.54) is 54.9 Å². The van der Waals surface area contributed by atoms with Crippen LogP contribution in [0.5, 0.6) is 17.6 Å². The van der Waals surface area contributed by atoms with Crippen LogP contribution in [-0.4, -0.2) is 101 Å². The van der Waals surface area contributed by atoms with Gasteiger partial charge < -0.3 is 39.0 Å². The summed E-state index contributed by atoms with van der Waals surface area (Å²) in [5.41, 5.74) is -2.02. The van der Waals surface area contributed by atoms with E-state index in [0.717, 1.165) is 28.6 Å². The highest BCUT2D eigenvalue weighted by atomic mass is 19.1. The molecular weight excluding hydrogens is 1110 g/mol. The summed E-state index contributed by atoms with van der Waals surface area (Å²) < 4.78 is 81.2. The molecule has 3 aromatic heterocycles. The van der Waals surface area contributed by atoms with Crippen LogP contribution in [0, 0.1) is 17.5 Å². The number of aromatic nitrogens is 6. The number of aliphatic hydroxyl groups is 3. The molecule has 0 aliphatic heterocycles. The highest BCUT2D eigenvalue weighted by Crippen LogP contribution is 2.33. The molecule has 0 saturated heterocycles. The van der Waals surface area contributed by atoms with Crippen LogP contribution in [0.3, 0.4) is 0 Å². The highest BCUT2D eigenvalue weighted by Gasteiger charge is 2.26. The standard InChI is InChI=1S/C63H85F3N6O13/c1-7-8-9-15-33-71-63(80)55-50(60(69-71)83-37-19-13-23-41(3)74)32-31-47(57(55)66)52(85-44(6)76)28-11-17-35-72-62(79)54-49(59(68-72)82-36-18-12-22-40(2)73)30-29-45(56(54)65)39-46(77)25-10-16-34-70-61(78)53-48(26-21-27-51(53)64)58(67-70)81-38-20-14-24-42(4)84-43(5)75/h21,26-27,29-32,40-42,46,52,73-74,77H,7-20,22-25,28,33-39H2,1-6H3/t40-,41-,42-,46+,52+/m1/s1. The van der Waals surface area contributed by atoms with E-state index in [4.69, 9.17) is 23.7 Å². The number of esters is 2. The molecule has 0 bridgehead atoms. The summed E-state index contributed by atoms with van der Waals surface area (Å²) >= 11 is 0. The Kier molecular flexibility index (Phi) is 26.6. The fraction of sp³-hybridized carbons (Fsp3) is 0.587. The van der Waals surface area contributed by atoms with Crippen molar-refractivity contribution in [2.24, 2.45) is 0 Å². The van der Waals surface area contributed by atoms with Crippen LogP contribution in [0.4, 0.5) is 13.2 Å². The van der Waals surface area contributed by atoms with E-state index in [-0.39, 0.29) is 145 Å². The molecule has 3 N–H and O–H groups in total. The van der Waals surface area contributed by atoms with E-state index in [2.05, 4.69) is 22.2 Å². The van der Waals surface area contributed by atoms with Crippen LogP contribution in [0.2, 0.25) is 0 Å². The van der Waals surface area contributed by atoms with Crippen molar-refractivity contribution in [1.82, 2.24) is 29.3 Å². The molecule has 3 aromatic carbocycles. The number of nitrogens with zero attached hydrogens (tertiary/aromatic N) is 6. The Morgan fingerprint density at radius 3 is 1.49 bits per heavy atom. The number of halogens is 3. The fourth-order valence-electron chi connectivity index (χ4n) is 10.3. The second kappa shape index (κ2) is 33.7. The molecule has 22 heteroatoms. The van der Waals surface area contributed by atoms with Crippen molar-refractivity contribution in [3.8, 4) is 17.6 Å². The molecule has 3 heterocycles. The van der Waals surface area contributed by atoms with Gasteiger partial charge in [0.15, 0.2) is 0 Å². The van der Waals surface area contributed by atoms with Crippen molar-refractivity contribution in [3.05, 3.63) is 102 Å². The summed E-state index contributed by atoms with van der Waals surface area (Å²) in [4.78, 5) is 65.5. The van der Waals surface area contributed by atoms with Gasteiger partial charge >= 0.3 is 11.9 Å². The lowest BCUT2D eigenvalue weighted by Crippen LogP contribution is -2.26. The molecule has 0 saturated carbocycles. The minimum atomic E-state index is -1.14. The van der Waals surface area contributed by atoms with Crippen LogP contribution in [-0.2, 0) is 45.1 Å². The number of unbranched alkanes of at least 4 members (excludes halogenated alkanes) is 8. The zero-order valence-corrected chi connectivity index (χ0v) is 50.1. The van der Waals surface area contributed by atoms with Gasteiger partial charge in [-0.2, -0.15) is 0 Å². The first kappa shape index (κ1) is 67.2. The van der Waals surface area contributed by atoms with Gasteiger partial charge in [0.2, 0.25) is 17.6 Å². The molecule has 0 fully saturated rings. The number of hydrogen-bond acceptors (Lipinski definition) is 16. The molecule has 0 aliphatic carbocycles. The quantitative estimate of drug-likeness (QED) is 0.0241. The summed E-state index contributed by atoms with van der Waals surface area (Å²) in [5.74, 6) is -3.33. The van der Waals surface area contributed by atoms with Crippen LogP contribution in [0.25, 0.3) is 32.3 Å². The lowest BCUT2D eigenvalue weighted by molar-refractivity contribution is -0.147. The van der Waals surface area contributed by atoms with Gasteiger partial charge in [0.25, 0.3) is 16.7 Å². The summed E-state index contributed by atoms with van der Waals surface area (Å²) in [7, 11) is 0. The molecule has 0 aliphatic rings. The van der Waals surface area contributed by atoms with E-state index >= 15 is 13.2 Å². The molecule has 0 spiro atoms. The Labute approximate surface area is 493 Å². The Morgan fingerprint density at radius 1 is 0.518 bits per heavy atom. The first-order chi connectivity index (χ1) is 40.8. The molecule has 5 atom stereocenters. The largest absolute Gasteiger partial charge is 0.476 e. The molecule has 6 rings (SSSR count). The Balaban J connectivity index is 1.16. The minimum absolute atomic E-state index is 0.000786. The maximum atomic E-state index is 16.9. The monoisotopic (exact) mass is 1190 g/mol. The van der Waals surface area contributed by atoms with Gasteiger partial charge in [0, 0.05) is 45.5 Å². The van der Waals surface area contributed by atoms with Gasteiger partial charge in [0.1, 0.15) is 23.6 Å². The summed E-state index contributed by atoms with van der Waals surface area (Å²) in [6.07, 6.45) is 6.65. The average Bonchev–Trinajstić information content (AvgIpc) is 2.99. The molecule has 0 amide bonds. The van der Waals surface area contributed by atoms with Crippen molar-refractivity contribution in [2.45, 2.75) is 220 Å². The molecule has 85 heavy (non-hydrogen) atoms. The zero-order chi connectivity index (χ0) is 61.6. The number of benzene rings is 3. The van der Waals surface area contributed by atoms with Crippen molar-refractivity contribution in [3.63, 3.8) is 0 Å². The molecule has 0 unspecified atom stereocenters. The van der Waals surface area contributed by atoms with Crippen molar-refractivity contribution in [2.75, 3.05) is 19.8 Å². The smallest absolute Gasteiger partial charge is 0.303 e. The highest BCUT2D eigenvalue weighted by molar-refractivity contribution is 5.88. The third-order valence-corrected chi connectivity index (χ3v) is 14.8. The number of hydrogen-bond donors (Lipinski definition) is 3. The Bertz CT molecular complexity index is 3350. The maximum absolute atomic E-state index is 16.9. The summed E-state index contributed by atoms with van der Waals surface area (Å²) in [6.45, 7) is 10.7. The number of fused-ring (bicyclic) bond motifs is 3. The number of aliphatic hydroxyl groups excluding tert-OH is 3. The van der Waals surface area contributed by atoms with Crippen molar-refractivity contribution in [1.29, 1.82) is 0 Å². The van der Waals surface area contributed by atoms with Crippen LogP contribution in [0.15, 0.2) is 56.8 Å². The number of carbonyl (C=O) groups is 2. The van der Waals surface area contributed by atoms with Gasteiger partial charge in [0.05, 0.1) is 76.6 Å². The predicted molar refractivity (Wildman–Crippen MR) is 317 cm³/mol. The fourth-order valence-corrected chi connectivity index (χ4v) is 10.3. The number of ether oxygens (including phenoxy) is 5. The SMILES string of the molecule is CCCCCCn1nc(OCCCC[C@@H](C)O)c2ccc([C@H](CCCCn3nc(OCCCC[C@@H](C)O)c4ccc(C[C@@H](O)CCCCn5nc(OCCCC[C@@H](C)OC(C)=O)c6cccc(F)c6c5=O)c(F)c4c3=O)OC(C)=O)c(F)c2c1=O. The average molecular weight is 1190 g/mol. The van der Waals surface area contributed by atoms with Crippen molar-refractivity contribution >= 4 is 44.3 Å². The number of aryl methyl sites for hydroxylation is 3. The van der Waals surface area contributed by atoms with Gasteiger partial charge in [-0.1, -0.05) is 44.4 Å². The van der Waals surface area contributed by atoms with E-state index < -0.39 is 64.5 Å².